The summed E-state index contributed by atoms with van der Waals surface area (Å²) in [5, 5.41) is 13.6. The molecule has 0 atom stereocenters. The number of hydrogen-bond acceptors (Lipinski definition) is 5. The Kier molecular flexibility index (Phi) is 4.79. The normalized spacial score (nSPS) is 14.9. The number of halogens is 1. The number of tetrazole rings is 1. The minimum Gasteiger partial charge on any atom is -0.359 e. The summed E-state index contributed by atoms with van der Waals surface area (Å²) < 4.78 is 15.6. The van der Waals surface area contributed by atoms with Gasteiger partial charge < -0.3 is 10.2 Å². The topological polar surface area (TPSA) is 93.0 Å². The van der Waals surface area contributed by atoms with Crippen molar-refractivity contribution >= 4 is 11.8 Å². The lowest BCUT2D eigenvalue weighted by Crippen LogP contribution is -2.65. The monoisotopic (exact) mass is 394 g/mol. The molecule has 2 aromatic carbocycles. The van der Waals surface area contributed by atoms with Crippen molar-refractivity contribution in [2.45, 2.75) is 6.42 Å². The summed E-state index contributed by atoms with van der Waals surface area (Å²) in [6.07, 6.45) is 1.70. The van der Waals surface area contributed by atoms with Crippen molar-refractivity contribution in [2.75, 3.05) is 20.1 Å². The number of benzene rings is 2. The fraction of sp³-hybridized carbons (Fsp3) is 0.250. The molecule has 1 aromatic heterocycles. The molecule has 4 rings (SSSR count). The number of likely N-dealkylation sites (tertiary alicyclic amines) is 1. The van der Waals surface area contributed by atoms with Crippen LogP contribution in [0.3, 0.4) is 0 Å². The van der Waals surface area contributed by atoms with Crippen molar-refractivity contribution in [3.63, 3.8) is 0 Å². The van der Waals surface area contributed by atoms with Crippen LogP contribution >= 0.6 is 0 Å². The molecule has 3 aromatic rings. The standard InChI is InChI=1S/C20H19FN6O2/c1-22-19(29)20(10-15-4-2-3-5-17(15)21)11-26(12-20)18(28)14-6-8-16(9-7-14)27-13-23-24-25-27/h2-9,13H,10-12H2,1H3,(H,22,29). The van der Waals surface area contributed by atoms with Gasteiger partial charge in [-0.2, -0.15) is 0 Å². The Hall–Kier alpha value is -3.62. The first-order valence-electron chi connectivity index (χ1n) is 9.11. The highest BCUT2D eigenvalue weighted by atomic mass is 19.1. The van der Waals surface area contributed by atoms with Crippen molar-refractivity contribution in [2.24, 2.45) is 5.41 Å². The first kappa shape index (κ1) is 18.7. The number of carbonyl (C=O) groups is 2. The summed E-state index contributed by atoms with van der Waals surface area (Å²) in [6.45, 7) is 0.461. The molecule has 148 valence electrons. The van der Waals surface area contributed by atoms with E-state index in [2.05, 4.69) is 20.8 Å². The molecule has 1 aliphatic heterocycles. The molecule has 29 heavy (non-hydrogen) atoms. The van der Waals surface area contributed by atoms with Gasteiger partial charge in [-0.25, -0.2) is 9.07 Å². The van der Waals surface area contributed by atoms with Gasteiger partial charge in [-0.05, 0) is 52.7 Å². The molecule has 0 unspecified atom stereocenters. The van der Waals surface area contributed by atoms with Gasteiger partial charge in [0.1, 0.15) is 12.1 Å². The Balaban J connectivity index is 1.49. The predicted octanol–water partition coefficient (Wildman–Crippen LogP) is 1.23. The van der Waals surface area contributed by atoms with Crippen LogP contribution in [-0.4, -0.2) is 57.1 Å². The summed E-state index contributed by atoms with van der Waals surface area (Å²) in [4.78, 5) is 26.9. The van der Waals surface area contributed by atoms with E-state index in [4.69, 9.17) is 0 Å². The Morgan fingerprint density at radius 1 is 1.14 bits per heavy atom. The van der Waals surface area contributed by atoms with Crippen LogP contribution < -0.4 is 5.32 Å². The second kappa shape index (κ2) is 7.42. The van der Waals surface area contributed by atoms with Crippen molar-refractivity contribution in [3.05, 3.63) is 71.8 Å². The highest BCUT2D eigenvalue weighted by Gasteiger charge is 2.50. The number of carbonyl (C=O) groups excluding carboxylic acids is 2. The summed E-state index contributed by atoms with van der Waals surface area (Å²) >= 11 is 0. The quantitative estimate of drug-likeness (QED) is 0.703. The summed E-state index contributed by atoms with van der Waals surface area (Å²) in [7, 11) is 1.55. The third kappa shape index (κ3) is 3.46. The maximum absolute atomic E-state index is 14.1. The minimum atomic E-state index is -0.834. The first-order valence-corrected chi connectivity index (χ1v) is 9.11. The van der Waals surface area contributed by atoms with Gasteiger partial charge in [0.2, 0.25) is 5.91 Å². The number of nitrogens with zero attached hydrogens (tertiary/aromatic N) is 5. The number of nitrogens with one attached hydrogen (secondary N) is 1. The van der Waals surface area contributed by atoms with Gasteiger partial charge in [0.25, 0.3) is 5.91 Å². The number of rotatable bonds is 5. The van der Waals surface area contributed by atoms with Crippen LogP contribution in [0.1, 0.15) is 15.9 Å². The maximum Gasteiger partial charge on any atom is 0.253 e. The van der Waals surface area contributed by atoms with Gasteiger partial charge in [0.15, 0.2) is 0 Å². The van der Waals surface area contributed by atoms with E-state index in [1.54, 1.807) is 54.4 Å². The SMILES string of the molecule is CNC(=O)C1(Cc2ccccc2F)CN(C(=O)c2ccc(-n3cnnn3)cc2)C1. The second-order valence-corrected chi connectivity index (χ2v) is 7.09. The molecule has 0 saturated carbocycles. The van der Waals surface area contributed by atoms with E-state index in [-0.39, 0.29) is 37.1 Å². The van der Waals surface area contributed by atoms with Crippen LogP contribution in [0.4, 0.5) is 4.39 Å². The molecule has 8 nitrogen and oxygen atoms in total. The van der Waals surface area contributed by atoms with Gasteiger partial charge in [0, 0.05) is 25.7 Å². The molecule has 1 saturated heterocycles. The highest BCUT2D eigenvalue weighted by molar-refractivity contribution is 5.97. The zero-order valence-corrected chi connectivity index (χ0v) is 15.7. The van der Waals surface area contributed by atoms with E-state index in [1.165, 1.54) is 17.1 Å². The van der Waals surface area contributed by atoms with E-state index in [9.17, 15) is 14.0 Å². The largest absolute Gasteiger partial charge is 0.359 e. The summed E-state index contributed by atoms with van der Waals surface area (Å²) in [5.41, 5.74) is 0.862. The van der Waals surface area contributed by atoms with Crippen LogP contribution in [0.5, 0.6) is 0 Å². The van der Waals surface area contributed by atoms with Crippen molar-refractivity contribution in [3.8, 4) is 5.69 Å². The Morgan fingerprint density at radius 2 is 1.86 bits per heavy atom. The molecule has 2 amide bonds. The molecule has 0 radical (unpaired) electrons. The maximum atomic E-state index is 14.1. The number of amides is 2. The van der Waals surface area contributed by atoms with Crippen LogP contribution in [-0.2, 0) is 11.2 Å². The van der Waals surface area contributed by atoms with Crippen LogP contribution in [0, 0.1) is 11.2 Å². The van der Waals surface area contributed by atoms with E-state index in [0.29, 0.717) is 11.1 Å². The van der Waals surface area contributed by atoms with Crippen LogP contribution in [0.15, 0.2) is 54.9 Å². The van der Waals surface area contributed by atoms with E-state index >= 15 is 0 Å². The van der Waals surface area contributed by atoms with E-state index in [0.717, 1.165) is 5.69 Å². The van der Waals surface area contributed by atoms with Crippen molar-refractivity contribution in [1.82, 2.24) is 30.4 Å². The van der Waals surface area contributed by atoms with E-state index < -0.39 is 5.41 Å². The Bertz CT molecular complexity index is 1030. The van der Waals surface area contributed by atoms with Gasteiger partial charge in [-0.3, -0.25) is 9.59 Å². The second-order valence-electron chi connectivity index (χ2n) is 7.09. The zero-order valence-electron chi connectivity index (χ0n) is 15.7. The molecule has 0 bridgehead atoms. The molecule has 2 heterocycles. The van der Waals surface area contributed by atoms with E-state index in [1.807, 2.05) is 0 Å². The molecule has 9 heteroatoms. The van der Waals surface area contributed by atoms with Crippen LogP contribution in [0.2, 0.25) is 0 Å². The Labute approximate surface area is 166 Å². The minimum absolute atomic E-state index is 0.179. The molecular formula is C20H19FN6O2. The third-order valence-electron chi connectivity index (χ3n) is 5.20. The van der Waals surface area contributed by atoms with Crippen molar-refractivity contribution in [1.29, 1.82) is 0 Å². The van der Waals surface area contributed by atoms with Gasteiger partial charge in [0.05, 0.1) is 11.1 Å². The lowest BCUT2D eigenvalue weighted by atomic mass is 9.73. The summed E-state index contributed by atoms with van der Waals surface area (Å²) in [6, 6.07) is 13.3. The average Bonchev–Trinajstić information content (AvgIpc) is 3.26. The number of aromatic nitrogens is 4. The van der Waals surface area contributed by atoms with Crippen LogP contribution in [0.25, 0.3) is 5.69 Å². The zero-order chi connectivity index (χ0) is 20.4. The van der Waals surface area contributed by atoms with Gasteiger partial charge >= 0.3 is 0 Å². The molecule has 0 aliphatic carbocycles. The lowest BCUT2D eigenvalue weighted by molar-refractivity contribution is -0.138. The fourth-order valence-corrected chi connectivity index (χ4v) is 3.65. The summed E-state index contributed by atoms with van der Waals surface area (Å²) in [5.74, 6) is -0.723. The molecular weight excluding hydrogens is 375 g/mol. The molecule has 1 fully saturated rings. The number of hydrogen-bond donors (Lipinski definition) is 1. The lowest BCUT2D eigenvalue weighted by Gasteiger charge is -2.48. The molecule has 1 N–H and O–H groups in total. The molecule has 1 aliphatic rings. The molecule has 0 spiro atoms. The third-order valence-corrected chi connectivity index (χ3v) is 5.20. The predicted molar refractivity (Wildman–Crippen MR) is 102 cm³/mol. The van der Waals surface area contributed by atoms with Gasteiger partial charge in [-0.1, -0.05) is 18.2 Å². The highest BCUT2D eigenvalue weighted by Crippen LogP contribution is 2.36. The smallest absolute Gasteiger partial charge is 0.253 e. The Morgan fingerprint density at radius 3 is 2.48 bits per heavy atom. The van der Waals surface area contributed by atoms with Gasteiger partial charge in [-0.15, -0.1) is 5.10 Å². The fourth-order valence-electron chi connectivity index (χ4n) is 3.65. The average molecular weight is 394 g/mol. The first-order chi connectivity index (χ1) is 14.0. The van der Waals surface area contributed by atoms with Crippen molar-refractivity contribution < 1.29 is 14.0 Å².